The SMILES string of the molecule is CCNC(=O)CC1SC(=Nc2ccc(C)cc2)N(C)C1=O. The monoisotopic (exact) mass is 305 g/mol. The van der Waals surface area contributed by atoms with Crippen molar-refractivity contribution in [3.8, 4) is 0 Å². The van der Waals surface area contributed by atoms with E-state index in [2.05, 4.69) is 10.3 Å². The number of hydrogen-bond acceptors (Lipinski definition) is 4. The minimum atomic E-state index is -0.384. The fourth-order valence-electron chi connectivity index (χ4n) is 1.96. The Balaban J connectivity index is 2.10. The van der Waals surface area contributed by atoms with Gasteiger partial charge in [-0.3, -0.25) is 14.5 Å². The highest BCUT2D eigenvalue weighted by Crippen LogP contribution is 2.30. The van der Waals surface area contributed by atoms with Crippen LogP contribution in [0.4, 0.5) is 5.69 Å². The van der Waals surface area contributed by atoms with E-state index in [1.165, 1.54) is 16.7 Å². The van der Waals surface area contributed by atoms with Gasteiger partial charge in [0.1, 0.15) is 5.25 Å². The maximum atomic E-state index is 12.1. The fourth-order valence-corrected chi connectivity index (χ4v) is 3.12. The van der Waals surface area contributed by atoms with E-state index in [4.69, 9.17) is 0 Å². The molecular weight excluding hydrogens is 286 g/mol. The Labute approximate surface area is 128 Å². The Kier molecular flexibility index (Phi) is 5.01. The smallest absolute Gasteiger partial charge is 0.242 e. The van der Waals surface area contributed by atoms with Crippen molar-refractivity contribution < 1.29 is 9.59 Å². The highest BCUT2D eigenvalue weighted by Gasteiger charge is 2.36. The Hall–Kier alpha value is -1.82. The van der Waals surface area contributed by atoms with Crippen LogP contribution in [0.3, 0.4) is 0 Å². The predicted molar refractivity (Wildman–Crippen MR) is 85.7 cm³/mol. The molecule has 6 heteroatoms. The third kappa shape index (κ3) is 3.85. The first-order valence-corrected chi connectivity index (χ1v) is 7.75. The van der Waals surface area contributed by atoms with Crippen molar-refractivity contribution in [2.75, 3.05) is 13.6 Å². The molecule has 1 aliphatic heterocycles. The molecule has 0 bridgehead atoms. The summed E-state index contributed by atoms with van der Waals surface area (Å²) >= 11 is 1.35. The molecule has 5 nitrogen and oxygen atoms in total. The summed E-state index contributed by atoms with van der Waals surface area (Å²) < 4.78 is 0. The number of hydrogen-bond donors (Lipinski definition) is 1. The van der Waals surface area contributed by atoms with Gasteiger partial charge in [-0.2, -0.15) is 0 Å². The van der Waals surface area contributed by atoms with Gasteiger partial charge in [-0.05, 0) is 26.0 Å². The lowest BCUT2D eigenvalue weighted by molar-refractivity contribution is -0.128. The van der Waals surface area contributed by atoms with Crippen LogP contribution in [0.5, 0.6) is 0 Å². The summed E-state index contributed by atoms with van der Waals surface area (Å²) in [6.45, 7) is 4.45. The molecule has 0 radical (unpaired) electrons. The number of thioether (sulfide) groups is 1. The van der Waals surface area contributed by atoms with Crippen LogP contribution >= 0.6 is 11.8 Å². The van der Waals surface area contributed by atoms with Crippen molar-refractivity contribution in [2.45, 2.75) is 25.5 Å². The lowest BCUT2D eigenvalue weighted by atomic mass is 10.2. The lowest BCUT2D eigenvalue weighted by Gasteiger charge is -2.08. The normalized spacial score (nSPS) is 20.1. The molecule has 2 rings (SSSR count). The van der Waals surface area contributed by atoms with Crippen LogP contribution in [0.2, 0.25) is 0 Å². The van der Waals surface area contributed by atoms with Gasteiger partial charge in [0.05, 0.1) is 5.69 Å². The van der Waals surface area contributed by atoms with E-state index in [1.807, 2.05) is 38.1 Å². The van der Waals surface area contributed by atoms with Gasteiger partial charge in [-0.25, -0.2) is 4.99 Å². The number of benzene rings is 1. The van der Waals surface area contributed by atoms with Crippen LogP contribution in [0, 0.1) is 6.92 Å². The maximum absolute atomic E-state index is 12.1. The molecule has 1 aromatic carbocycles. The maximum Gasteiger partial charge on any atom is 0.242 e. The number of amides is 2. The highest BCUT2D eigenvalue weighted by molar-refractivity contribution is 8.15. The highest BCUT2D eigenvalue weighted by atomic mass is 32.2. The van der Waals surface area contributed by atoms with Gasteiger partial charge in [0.2, 0.25) is 11.8 Å². The second-order valence-corrected chi connectivity index (χ2v) is 6.06. The zero-order chi connectivity index (χ0) is 15.4. The fraction of sp³-hybridized carbons (Fsp3) is 0.400. The summed E-state index contributed by atoms with van der Waals surface area (Å²) in [5, 5.41) is 2.97. The van der Waals surface area contributed by atoms with E-state index in [0.717, 1.165) is 11.3 Å². The van der Waals surface area contributed by atoms with E-state index in [-0.39, 0.29) is 23.5 Å². The van der Waals surface area contributed by atoms with Gasteiger partial charge >= 0.3 is 0 Å². The number of amidine groups is 1. The van der Waals surface area contributed by atoms with Crippen LogP contribution in [-0.2, 0) is 9.59 Å². The quantitative estimate of drug-likeness (QED) is 0.926. The van der Waals surface area contributed by atoms with E-state index in [1.54, 1.807) is 7.05 Å². The summed E-state index contributed by atoms with van der Waals surface area (Å²) in [7, 11) is 1.69. The minimum absolute atomic E-state index is 0.0721. The van der Waals surface area contributed by atoms with Crippen molar-refractivity contribution in [3.05, 3.63) is 29.8 Å². The summed E-state index contributed by atoms with van der Waals surface area (Å²) in [4.78, 5) is 29.8. The van der Waals surface area contributed by atoms with Crippen LogP contribution in [0.1, 0.15) is 18.9 Å². The average molecular weight is 305 g/mol. The summed E-state index contributed by atoms with van der Waals surface area (Å²) in [6.07, 6.45) is 0.189. The first-order chi connectivity index (χ1) is 10.0. The number of nitrogens with zero attached hydrogens (tertiary/aromatic N) is 2. The molecule has 1 N–H and O–H groups in total. The van der Waals surface area contributed by atoms with E-state index in [9.17, 15) is 9.59 Å². The molecule has 112 valence electrons. The van der Waals surface area contributed by atoms with E-state index < -0.39 is 0 Å². The lowest BCUT2D eigenvalue weighted by Crippen LogP contribution is -2.32. The summed E-state index contributed by atoms with van der Waals surface area (Å²) in [6, 6.07) is 7.79. The zero-order valence-corrected chi connectivity index (χ0v) is 13.2. The number of carbonyl (C=O) groups is 2. The first-order valence-electron chi connectivity index (χ1n) is 6.87. The second-order valence-electron chi connectivity index (χ2n) is 4.89. The van der Waals surface area contributed by atoms with Crippen LogP contribution in [0.15, 0.2) is 29.3 Å². The molecule has 0 aliphatic carbocycles. The molecule has 21 heavy (non-hydrogen) atoms. The van der Waals surface area contributed by atoms with Gasteiger partial charge in [0, 0.05) is 20.0 Å². The third-order valence-corrected chi connectivity index (χ3v) is 4.37. The molecule has 1 aliphatic rings. The number of nitrogens with one attached hydrogen (secondary N) is 1. The Morgan fingerprint density at radius 2 is 2.05 bits per heavy atom. The summed E-state index contributed by atoms with van der Waals surface area (Å²) in [5.74, 6) is -0.176. The van der Waals surface area contributed by atoms with Crippen molar-refractivity contribution in [2.24, 2.45) is 4.99 Å². The summed E-state index contributed by atoms with van der Waals surface area (Å²) in [5.41, 5.74) is 1.97. The number of carbonyl (C=O) groups excluding carboxylic acids is 2. The number of rotatable bonds is 4. The van der Waals surface area contributed by atoms with Gasteiger partial charge in [-0.15, -0.1) is 0 Å². The van der Waals surface area contributed by atoms with Crippen molar-refractivity contribution in [1.82, 2.24) is 10.2 Å². The second kappa shape index (κ2) is 6.76. The zero-order valence-electron chi connectivity index (χ0n) is 12.4. The van der Waals surface area contributed by atoms with Gasteiger partial charge in [0.25, 0.3) is 0 Å². The molecule has 1 atom stereocenters. The molecular formula is C15H19N3O2S. The van der Waals surface area contributed by atoms with Crippen molar-refractivity contribution >= 4 is 34.4 Å². The molecule has 1 aromatic rings. The Morgan fingerprint density at radius 1 is 1.38 bits per heavy atom. The average Bonchev–Trinajstić information content (AvgIpc) is 2.70. The van der Waals surface area contributed by atoms with Crippen molar-refractivity contribution in [3.63, 3.8) is 0 Å². The topological polar surface area (TPSA) is 61.8 Å². The Bertz CT molecular complexity index is 569. The molecule has 1 heterocycles. The predicted octanol–water partition coefficient (Wildman–Crippen LogP) is 2.08. The largest absolute Gasteiger partial charge is 0.356 e. The van der Waals surface area contributed by atoms with Crippen LogP contribution in [0.25, 0.3) is 0 Å². The molecule has 2 amide bonds. The van der Waals surface area contributed by atoms with Gasteiger partial charge in [-0.1, -0.05) is 29.5 Å². The standard InChI is InChI=1S/C15H19N3O2S/c1-4-16-13(19)9-12-14(20)18(3)15(21-12)17-11-7-5-10(2)6-8-11/h5-8,12H,4,9H2,1-3H3,(H,16,19). The Morgan fingerprint density at radius 3 is 2.67 bits per heavy atom. The minimum Gasteiger partial charge on any atom is -0.356 e. The van der Waals surface area contributed by atoms with Crippen LogP contribution in [-0.4, -0.2) is 40.7 Å². The van der Waals surface area contributed by atoms with Gasteiger partial charge in [0.15, 0.2) is 5.17 Å². The molecule has 0 saturated carbocycles. The van der Waals surface area contributed by atoms with E-state index >= 15 is 0 Å². The molecule has 0 aromatic heterocycles. The molecule has 0 spiro atoms. The molecule has 1 saturated heterocycles. The number of aryl methyl sites for hydroxylation is 1. The van der Waals surface area contributed by atoms with Crippen LogP contribution < -0.4 is 5.32 Å². The number of aliphatic imine (C=N–C) groups is 1. The molecule has 1 fully saturated rings. The first kappa shape index (κ1) is 15.6. The molecule has 1 unspecified atom stereocenters. The van der Waals surface area contributed by atoms with Crippen molar-refractivity contribution in [1.29, 1.82) is 0 Å². The van der Waals surface area contributed by atoms with E-state index in [0.29, 0.717) is 11.7 Å². The third-order valence-electron chi connectivity index (χ3n) is 3.14. The van der Waals surface area contributed by atoms with Gasteiger partial charge < -0.3 is 5.32 Å².